The Bertz CT molecular complexity index is 3290. The fourth-order valence-electron chi connectivity index (χ4n) is 8.89. The van der Waals surface area contributed by atoms with E-state index in [0.717, 1.165) is 38.9 Å². The van der Waals surface area contributed by atoms with Crippen molar-refractivity contribution in [3.8, 4) is 45.1 Å². The van der Waals surface area contributed by atoms with Crippen LogP contribution in [0.15, 0.2) is 170 Å². The minimum absolute atomic E-state index is 0.669. The van der Waals surface area contributed by atoms with Crippen LogP contribution >= 0.6 is 0 Å². The molecule has 52 heavy (non-hydrogen) atoms. The quantitative estimate of drug-likeness (QED) is 0.189. The summed E-state index contributed by atoms with van der Waals surface area (Å²) in [5, 5.41) is 8.35. The van der Waals surface area contributed by atoms with Gasteiger partial charge in [-0.3, -0.25) is 4.57 Å². The number of fused-ring (bicyclic) bond motifs is 11. The van der Waals surface area contributed by atoms with Gasteiger partial charge in [0.15, 0.2) is 0 Å². The van der Waals surface area contributed by atoms with Gasteiger partial charge in [0.05, 0.1) is 33.3 Å². The Morgan fingerprint density at radius 1 is 0.365 bits per heavy atom. The summed E-state index contributed by atoms with van der Waals surface area (Å²) in [5.41, 5.74) is 13.8. The third-order valence-corrected chi connectivity index (χ3v) is 11.1. The van der Waals surface area contributed by atoms with Crippen LogP contribution in [-0.4, -0.2) is 19.1 Å². The van der Waals surface area contributed by atoms with Crippen molar-refractivity contribution in [1.82, 2.24) is 19.1 Å². The van der Waals surface area contributed by atoms with E-state index in [0.29, 0.717) is 5.95 Å². The molecule has 0 aliphatic heterocycles. The van der Waals surface area contributed by atoms with E-state index in [-0.39, 0.29) is 0 Å². The maximum Gasteiger partial charge on any atom is 0.235 e. The Morgan fingerprint density at radius 2 is 0.981 bits per heavy atom. The van der Waals surface area contributed by atoms with Crippen molar-refractivity contribution in [3.63, 3.8) is 0 Å². The fourth-order valence-corrected chi connectivity index (χ4v) is 8.89. The number of hydrogen-bond acceptors (Lipinski definition) is 2. The summed E-state index contributed by atoms with van der Waals surface area (Å²) in [5.74, 6) is 0.669. The SMILES string of the molecule is c1ccc(-n2c3ccccc3c3cc(-c4nc(-n5c6ccccc6c6cc7c8c(cccc8c65)-c5ccccc5-7)nc5ccccc45)ccc32)cc1. The van der Waals surface area contributed by atoms with Crippen LogP contribution in [0.4, 0.5) is 0 Å². The number of aromatic nitrogens is 4. The topological polar surface area (TPSA) is 35.6 Å². The lowest BCUT2D eigenvalue weighted by Gasteiger charge is -2.13. The van der Waals surface area contributed by atoms with Crippen LogP contribution in [0, 0.1) is 0 Å². The van der Waals surface area contributed by atoms with Crippen molar-refractivity contribution in [2.75, 3.05) is 0 Å². The van der Waals surface area contributed by atoms with E-state index >= 15 is 0 Å². The van der Waals surface area contributed by atoms with Gasteiger partial charge in [-0.15, -0.1) is 0 Å². The van der Waals surface area contributed by atoms with Crippen molar-refractivity contribution in [3.05, 3.63) is 170 Å². The molecule has 4 heteroatoms. The Kier molecular flexibility index (Phi) is 5.47. The first-order valence-electron chi connectivity index (χ1n) is 17.8. The van der Waals surface area contributed by atoms with E-state index in [2.05, 4.69) is 179 Å². The van der Waals surface area contributed by atoms with Crippen molar-refractivity contribution in [1.29, 1.82) is 0 Å². The van der Waals surface area contributed by atoms with E-state index < -0.39 is 0 Å². The van der Waals surface area contributed by atoms with E-state index in [1.165, 1.54) is 65.6 Å². The monoisotopic (exact) mass is 660 g/mol. The number of rotatable bonds is 3. The second kappa shape index (κ2) is 10.3. The molecule has 0 unspecified atom stereocenters. The molecule has 11 aromatic rings. The van der Waals surface area contributed by atoms with Crippen LogP contribution in [0.3, 0.4) is 0 Å². The Hall–Kier alpha value is -7.04. The third-order valence-electron chi connectivity index (χ3n) is 11.1. The summed E-state index contributed by atoms with van der Waals surface area (Å²) >= 11 is 0. The van der Waals surface area contributed by atoms with Crippen LogP contribution in [0.2, 0.25) is 0 Å². The zero-order chi connectivity index (χ0) is 33.9. The number of hydrogen-bond donors (Lipinski definition) is 0. The van der Waals surface area contributed by atoms with Gasteiger partial charge in [0.1, 0.15) is 0 Å². The molecule has 12 rings (SSSR count). The first-order chi connectivity index (χ1) is 25.8. The predicted octanol–water partition coefficient (Wildman–Crippen LogP) is 12.3. The highest BCUT2D eigenvalue weighted by atomic mass is 15.2. The molecule has 0 N–H and O–H groups in total. The molecule has 0 saturated heterocycles. The summed E-state index contributed by atoms with van der Waals surface area (Å²) in [7, 11) is 0. The van der Waals surface area contributed by atoms with Crippen molar-refractivity contribution in [2.45, 2.75) is 0 Å². The molecular formula is C48H28N4. The van der Waals surface area contributed by atoms with Gasteiger partial charge in [-0.2, -0.15) is 0 Å². The van der Waals surface area contributed by atoms with Crippen LogP contribution in [0.5, 0.6) is 0 Å². The molecule has 1 aliphatic carbocycles. The van der Waals surface area contributed by atoms with Crippen LogP contribution in [-0.2, 0) is 0 Å². The van der Waals surface area contributed by atoms with Gasteiger partial charge in [0, 0.05) is 43.6 Å². The lowest BCUT2D eigenvalue weighted by Crippen LogP contribution is -2.04. The second-order valence-corrected chi connectivity index (χ2v) is 13.8. The molecule has 240 valence electrons. The molecule has 1 aliphatic rings. The van der Waals surface area contributed by atoms with E-state index in [1.54, 1.807) is 0 Å². The van der Waals surface area contributed by atoms with Gasteiger partial charge in [-0.1, -0.05) is 121 Å². The highest BCUT2D eigenvalue weighted by Gasteiger charge is 2.26. The molecule has 0 amide bonds. The minimum atomic E-state index is 0.669. The van der Waals surface area contributed by atoms with Gasteiger partial charge < -0.3 is 4.57 Å². The predicted molar refractivity (Wildman–Crippen MR) is 216 cm³/mol. The molecule has 0 fully saturated rings. The average molecular weight is 661 g/mol. The van der Waals surface area contributed by atoms with Gasteiger partial charge >= 0.3 is 0 Å². The number of benzene rings is 8. The van der Waals surface area contributed by atoms with E-state index in [4.69, 9.17) is 9.97 Å². The number of para-hydroxylation sites is 4. The molecule has 3 aromatic heterocycles. The lowest BCUT2D eigenvalue weighted by molar-refractivity contribution is 1.02. The molecular weight excluding hydrogens is 633 g/mol. The van der Waals surface area contributed by atoms with Crippen molar-refractivity contribution in [2.24, 2.45) is 0 Å². The van der Waals surface area contributed by atoms with Crippen LogP contribution in [0.25, 0.3) is 110 Å². The average Bonchev–Trinajstić information content (AvgIpc) is 3.84. The zero-order valence-corrected chi connectivity index (χ0v) is 28.0. The highest BCUT2D eigenvalue weighted by Crippen LogP contribution is 2.51. The van der Waals surface area contributed by atoms with Crippen molar-refractivity contribution >= 4 is 65.3 Å². The molecule has 8 aromatic carbocycles. The first-order valence-corrected chi connectivity index (χ1v) is 17.8. The summed E-state index contributed by atoms with van der Waals surface area (Å²) in [6, 6.07) is 61.0. The first kappa shape index (κ1) is 27.7. The molecule has 0 atom stereocenters. The summed E-state index contributed by atoms with van der Waals surface area (Å²) < 4.78 is 4.65. The highest BCUT2D eigenvalue weighted by molar-refractivity contribution is 6.27. The maximum atomic E-state index is 5.52. The lowest BCUT2D eigenvalue weighted by atomic mass is 9.99. The Balaban J connectivity index is 1.16. The molecule has 3 heterocycles. The fraction of sp³-hybridized carbons (Fsp3) is 0. The van der Waals surface area contributed by atoms with Gasteiger partial charge in [-0.25, -0.2) is 9.97 Å². The smallest absolute Gasteiger partial charge is 0.235 e. The van der Waals surface area contributed by atoms with Gasteiger partial charge in [-0.05, 0) is 76.2 Å². The normalized spacial score (nSPS) is 12.2. The van der Waals surface area contributed by atoms with Crippen molar-refractivity contribution < 1.29 is 0 Å². The molecule has 0 spiro atoms. The summed E-state index contributed by atoms with van der Waals surface area (Å²) in [6.07, 6.45) is 0. The van der Waals surface area contributed by atoms with Gasteiger partial charge in [0.25, 0.3) is 0 Å². The summed E-state index contributed by atoms with van der Waals surface area (Å²) in [6.45, 7) is 0. The number of nitrogens with zero attached hydrogens (tertiary/aromatic N) is 4. The summed E-state index contributed by atoms with van der Waals surface area (Å²) in [4.78, 5) is 10.8. The zero-order valence-electron chi connectivity index (χ0n) is 28.0. The molecule has 4 nitrogen and oxygen atoms in total. The maximum absolute atomic E-state index is 5.52. The van der Waals surface area contributed by atoms with Crippen LogP contribution < -0.4 is 0 Å². The standard InChI is InChI=1S/C48H28N4/c1-2-13-30(14-3-1)51-42-23-10-7-17-33(42)38-27-29(25-26-44(38)51)46-36-19-6-9-22-41(36)49-48(50-46)52-43-24-11-8-18-34(43)40-28-39-32-16-5-4-15-31(32)35-20-12-21-37(45(35)39)47(40)52/h1-28H. The Labute approximate surface area is 298 Å². The molecule has 0 radical (unpaired) electrons. The van der Waals surface area contributed by atoms with Crippen LogP contribution in [0.1, 0.15) is 0 Å². The third kappa shape index (κ3) is 3.65. The van der Waals surface area contributed by atoms with E-state index in [1.807, 2.05) is 0 Å². The van der Waals surface area contributed by atoms with E-state index in [9.17, 15) is 0 Å². The van der Waals surface area contributed by atoms with Gasteiger partial charge in [0.2, 0.25) is 5.95 Å². The molecule has 0 saturated carbocycles. The largest absolute Gasteiger partial charge is 0.309 e. The minimum Gasteiger partial charge on any atom is -0.309 e. The molecule has 0 bridgehead atoms. The Morgan fingerprint density at radius 3 is 1.81 bits per heavy atom. The second-order valence-electron chi connectivity index (χ2n) is 13.8.